The summed E-state index contributed by atoms with van der Waals surface area (Å²) in [5.74, 6) is 1.22. The summed E-state index contributed by atoms with van der Waals surface area (Å²) in [6.07, 6.45) is -0.758. The third kappa shape index (κ3) is 3.05. The standard InChI is InChI=1S/C21H18O7/c1-11-15-9-14(27-12(2)20(22)24-3)5-7-16(15)28-21(23)19(11)13-4-6-17-18(8-13)26-10-25-17/h4-9,12H,10H2,1-3H3. The molecule has 0 bridgehead atoms. The van der Waals surface area contributed by atoms with Gasteiger partial charge in [-0.25, -0.2) is 9.59 Å². The minimum absolute atomic E-state index is 0.156. The largest absolute Gasteiger partial charge is 0.479 e. The normalized spacial score (nSPS) is 13.4. The van der Waals surface area contributed by atoms with Gasteiger partial charge < -0.3 is 23.4 Å². The Labute approximate surface area is 160 Å². The third-order valence-corrected chi connectivity index (χ3v) is 4.64. The van der Waals surface area contributed by atoms with Crippen molar-refractivity contribution in [3.05, 3.63) is 52.4 Å². The molecule has 1 aliphatic heterocycles. The van der Waals surface area contributed by atoms with E-state index in [0.717, 1.165) is 5.56 Å². The fraction of sp³-hybridized carbons (Fsp3) is 0.238. The van der Waals surface area contributed by atoms with Crippen molar-refractivity contribution in [1.82, 2.24) is 0 Å². The fourth-order valence-electron chi connectivity index (χ4n) is 3.21. The average molecular weight is 382 g/mol. The zero-order valence-corrected chi connectivity index (χ0v) is 15.6. The van der Waals surface area contributed by atoms with Crippen LogP contribution in [-0.2, 0) is 9.53 Å². The molecule has 1 aliphatic rings. The first kappa shape index (κ1) is 17.9. The molecule has 144 valence electrons. The van der Waals surface area contributed by atoms with E-state index in [-0.39, 0.29) is 6.79 Å². The molecule has 0 N–H and O–H groups in total. The molecule has 7 nitrogen and oxygen atoms in total. The van der Waals surface area contributed by atoms with Gasteiger partial charge >= 0.3 is 11.6 Å². The molecular formula is C21H18O7. The highest BCUT2D eigenvalue weighted by Gasteiger charge is 2.20. The van der Waals surface area contributed by atoms with E-state index in [1.54, 1.807) is 43.3 Å². The zero-order valence-electron chi connectivity index (χ0n) is 15.6. The smallest absolute Gasteiger partial charge is 0.346 e. The van der Waals surface area contributed by atoms with Crippen molar-refractivity contribution in [2.75, 3.05) is 13.9 Å². The molecule has 0 radical (unpaired) electrons. The monoisotopic (exact) mass is 382 g/mol. The predicted octanol–water partition coefficient (Wildman–Crippen LogP) is 3.44. The van der Waals surface area contributed by atoms with Crippen LogP contribution in [0.25, 0.3) is 22.1 Å². The maximum atomic E-state index is 12.6. The number of benzene rings is 2. The van der Waals surface area contributed by atoms with E-state index < -0.39 is 17.7 Å². The van der Waals surface area contributed by atoms with Gasteiger partial charge in [-0.15, -0.1) is 0 Å². The highest BCUT2D eigenvalue weighted by Crippen LogP contribution is 2.37. The Morgan fingerprint density at radius 1 is 1.11 bits per heavy atom. The molecule has 1 aromatic heterocycles. The SMILES string of the molecule is COC(=O)C(C)Oc1ccc2oc(=O)c(-c3ccc4c(c3)OCO4)c(C)c2c1. The first-order valence-electron chi connectivity index (χ1n) is 8.70. The molecule has 1 atom stereocenters. The number of aryl methyl sites for hydroxylation is 1. The van der Waals surface area contributed by atoms with Gasteiger partial charge in [-0.1, -0.05) is 6.07 Å². The van der Waals surface area contributed by atoms with Crippen molar-refractivity contribution < 1.29 is 28.2 Å². The first-order chi connectivity index (χ1) is 13.5. The molecule has 0 aliphatic carbocycles. The van der Waals surface area contributed by atoms with Crippen LogP contribution >= 0.6 is 0 Å². The van der Waals surface area contributed by atoms with E-state index in [1.807, 2.05) is 6.92 Å². The Bertz CT molecular complexity index is 1130. The molecular weight excluding hydrogens is 364 g/mol. The number of hydrogen-bond donors (Lipinski definition) is 0. The zero-order chi connectivity index (χ0) is 19.8. The lowest BCUT2D eigenvalue weighted by molar-refractivity contribution is -0.147. The molecule has 4 rings (SSSR count). The van der Waals surface area contributed by atoms with Crippen LogP contribution in [0.1, 0.15) is 12.5 Å². The molecule has 0 fully saturated rings. The van der Waals surface area contributed by atoms with Gasteiger partial charge in [-0.05, 0) is 55.3 Å². The number of ether oxygens (including phenoxy) is 4. The van der Waals surface area contributed by atoms with Gasteiger partial charge in [0.05, 0.1) is 12.7 Å². The predicted molar refractivity (Wildman–Crippen MR) is 101 cm³/mol. The van der Waals surface area contributed by atoms with Gasteiger partial charge in [0.2, 0.25) is 6.79 Å². The summed E-state index contributed by atoms with van der Waals surface area (Å²) >= 11 is 0. The van der Waals surface area contributed by atoms with E-state index >= 15 is 0 Å². The van der Waals surface area contributed by atoms with E-state index in [0.29, 0.717) is 39.3 Å². The summed E-state index contributed by atoms with van der Waals surface area (Å²) in [5, 5.41) is 0.710. The number of esters is 1. The molecule has 1 unspecified atom stereocenters. The van der Waals surface area contributed by atoms with Crippen molar-refractivity contribution in [2.24, 2.45) is 0 Å². The quantitative estimate of drug-likeness (QED) is 0.505. The lowest BCUT2D eigenvalue weighted by Gasteiger charge is -2.14. The number of rotatable bonds is 4. The molecule has 0 saturated carbocycles. The molecule has 3 aromatic rings. The Kier molecular flexibility index (Phi) is 4.43. The highest BCUT2D eigenvalue weighted by molar-refractivity contribution is 5.88. The number of methoxy groups -OCH3 is 1. The van der Waals surface area contributed by atoms with Crippen LogP contribution < -0.4 is 19.8 Å². The Morgan fingerprint density at radius 2 is 1.89 bits per heavy atom. The highest BCUT2D eigenvalue weighted by atomic mass is 16.7. The second kappa shape index (κ2) is 6.92. The van der Waals surface area contributed by atoms with Gasteiger partial charge in [0.1, 0.15) is 11.3 Å². The van der Waals surface area contributed by atoms with E-state index in [4.69, 9.17) is 18.6 Å². The topological polar surface area (TPSA) is 84.2 Å². The molecule has 0 spiro atoms. The van der Waals surface area contributed by atoms with Gasteiger partial charge in [0, 0.05) is 5.39 Å². The van der Waals surface area contributed by atoms with Crippen LogP contribution in [0.5, 0.6) is 17.2 Å². The molecule has 2 aromatic carbocycles. The summed E-state index contributed by atoms with van der Waals surface area (Å²) in [7, 11) is 1.30. The average Bonchev–Trinajstić information content (AvgIpc) is 3.15. The van der Waals surface area contributed by atoms with Gasteiger partial charge in [-0.3, -0.25) is 0 Å². The lowest BCUT2D eigenvalue weighted by atomic mass is 9.99. The number of fused-ring (bicyclic) bond motifs is 2. The van der Waals surface area contributed by atoms with Crippen LogP contribution in [0.3, 0.4) is 0 Å². The summed E-state index contributed by atoms with van der Waals surface area (Å²) in [6.45, 7) is 3.60. The number of carbonyl (C=O) groups is 1. The molecule has 0 amide bonds. The summed E-state index contributed by atoms with van der Waals surface area (Å²) in [4.78, 5) is 24.2. The second-order valence-corrected chi connectivity index (χ2v) is 6.40. The van der Waals surface area contributed by atoms with Crippen molar-refractivity contribution in [3.63, 3.8) is 0 Å². The van der Waals surface area contributed by atoms with Crippen LogP contribution in [0.2, 0.25) is 0 Å². The van der Waals surface area contributed by atoms with Crippen molar-refractivity contribution >= 4 is 16.9 Å². The second-order valence-electron chi connectivity index (χ2n) is 6.40. The van der Waals surface area contributed by atoms with Crippen LogP contribution in [0.15, 0.2) is 45.6 Å². The lowest BCUT2D eigenvalue weighted by Crippen LogP contribution is -2.24. The van der Waals surface area contributed by atoms with E-state index in [2.05, 4.69) is 4.74 Å². The summed E-state index contributed by atoms with van der Waals surface area (Å²) < 4.78 is 26.5. The van der Waals surface area contributed by atoms with Crippen molar-refractivity contribution in [2.45, 2.75) is 20.0 Å². The minimum atomic E-state index is -0.758. The molecule has 7 heteroatoms. The molecule has 28 heavy (non-hydrogen) atoms. The van der Waals surface area contributed by atoms with Crippen molar-refractivity contribution in [3.8, 4) is 28.4 Å². The van der Waals surface area contributed by atoms with Crippen LogP contribution in [0.4, 0.5) is 0 Å². The van der Waals surface area contributed by atoms with E-state index in [1.165, 1.54) is 7.11 Å². The van der Waals surface area contributed by atoms with Gasteiger partial charge in [0.15, 0.2) is 17.6 Å². The van der Waals surface area contributed by atoms with Gasteiger partial charge in [-0.2, -0.15) is 0 Å². The summed E-state index contributed by atoms with van der Waals surface area (Å²) in [5.41, 5.74) is 1.84. The minimum Gasteiger partial charge on any atom is -0.479 e. The third-order valence-electron chi connectivity index (χ3n) is 4.64. The van der Waals surface area contributed by atoms with Crippen LogP contribution in [0, 0.1) is 6.92 Å². The molecule has 2 heterocycles. The Hall–Kier alpha value is -3.48. The Morgan fingerprint density at radius 3 is 2.68 bits per heavy atom. The number of hydrogen-bond acceptors (Lipinski definition) is 7. The van der Waals surface area contributed by atoms with Crippen LogP contribution in [-0.4, -0.2) is 26.0 Å². The maximum absolute atomic E-state index is 12.6. The summed E-state index contributed by atoms with van der Waals surface area (Å²) in [6, 6.07) is 10.3. The first-order valence-corrected chi connectivity index (χ1v) is 8.70. The molecule has 0 saturated heterocycles. The number of carbonyl (C=O) groups excluding carboxylic acids is 1. The maximum Gasteiger partial charge on any atom is 0.346 e. The van der Waals surface area contributed by atoms with Gasteiger partial charge in [0.25, 0.3) is 0 Å². The fourth-order valence-corrected chi connectivity index (χ4v) is 3.21. The van der Waals surface area contributed by atoms with Crippen molar-refractivity contribution in [1.29, 1.82) is 0 Å². The van der Waals surface area contributed by atoms with E-state index in [9.17, 15) is 9.59 Å². The Balaban J connectivity index is 1.80.